The second kappa shape index (κ2) is 2.70. The molecule has 0 bridgehead atoms. The topological polar surface area (TPSA) is 74.2 Å². The molecule has 3 aliphatic heterocycles. The van der Waals surface area contributed by atoms with Gasteiger partial charge in [0.05, 0.1) is 0 Å². The number of aliphatic hydroxyl groups excluding tert-OH is 1. The standard InChI is InChI=1S/C9H12O6/c1-9(2)14-6-5-4(13-8(6)15-9)3(10)7(11)12-5/h3-6,8,10H,1-2H3/t3-,4?,5?,6?,8?/m0/s1. The minimum Gasteiger partial charge on any atom is -0.454 e. The summed E-state index contributed by atoms with van der Waals surface area (Å²) in [6.45, 7) is 3.52. The zero-order valence-electron chi connectivity index (χ0n) is 8.38. The second-order valence-electron chi connectivity index (χ2n) is 4.42. The van der Waals surface area contributed by atoms with Crippen molar-refractivity contribution in [3.05, 3.63) is 0 Å². The van der Waals surface area contributed by atoms with Crippen molar-refractivity contribution in [2.45, 2.75) is 50.3 Å². The first-order chi connectivity index (χ1) is 6.98. The summed E-state index contributed by atoms with van der Waals surface area (Å²) in [5, 5.41) is 9.44. The van der Waals surface area contributed by atoms with Gasteiger partial charge in [0.1, 0.15) is 6.10 Å². The fourth-order valence-corrected chi connectivity index (χ4v) is 2.23. The lowest BCUT2D eigenvalue weighted by Crippen LogP contribution is -2.35. The molecule has 0 saturated carbocycles. The number of esters is 1. The van der Waals surface area contributed by atoms with Crippen LogP contribution in [-0.2, 0) is 23.7 Å². The summed E-state index contributed by atoms with van der Waals surface area (Å²) in [5.41, 5.74) is 0. The molecule has 84 valence electrons. The molecule has 0 aromatic heterocycles. The van der Waals surface area contributed by atoms with Gasteiger partial charge in [-0.15, -0.1) is 0 Å². The highest BCUT2D eigenvalue weighted by atomic mass is 16.8. The molecule has 3 saturated heterocycles. The number of fused-ring (bicyclic) bond motifs is 3. The fourth-order valence-electron chi connectivity index (χ4n) is 2.23. The highest BCUT2D eigenvalue weighted by Crippen LogP contribution is 2.42. The molecule has 3 rings (SSSR count). The van der Waals surface area contributed by atoms with Crippen LogP contribution in [0.15, 0.2) is 0 Å². The zero-order valence-corrected chi connectivity index (χ0v) is 8.38. The Morgan fingerprint density at radius 3 is 2.67 bits per heavy atom. The Morgan fingerprint density at radius 2 is 1.93 bits per heavy atom. The molecule has 5 atom stereocenters. The van der Waals surface area contributed by atoms with Crippen LogP contribution in [0, 0.1) is 0 Å². The Kier molecular flexibility index (Phi) is 1.72. The largest absolute Gasteiger partial charge is 0.454 e. The molecule has 0 aromatic carbocycles. The average molecular weight is 216 g/mol. The van der Waals surface area contributed by atoms with E-state index in [4.69, 9.17) is 18.9 Å². The van der Waals surface area contributed by atoms with Gasteiger partial charge in [-0.3, -0.25) is 0 Å². The summed E-state index contributed by atoms with van der Waals surface area (Å²) < 4.78 is 21.4. The summed E-state index contributed by atoms with van der Waals surface area (Å²) in [6.07, 6.45) is -3.44. The van der Waals surface area contributed by atoms with Crippen LogP contribution >= 0.6 is 0 Å². The Bertz CT molecular complexity index is 314. The van der Waals surface area contributed by atoms with Crippen LogP contribution in [0.2, 0.25) is 0 Å². The molecule has 0 spiro atoms. The molecule has 0 aliphatic carbocycles. The van der Waals surface area contributed by atoms with Crippen LogP contribution in [0.5, 0.6) is 0 Å². The summed E-state index contributed by atoms with van der Waals surface area (Å²) in [7, 11) is 0. The average Bonchev–Trinajstić information content (AvgIpc) is 2.66. The number of hydrogen-bond acceptors (Lipinski definition) is 6. The predicted octanol–water partition coefficient (Wildman–Crippen LogP) is -0.851. The fraction of sp³-hybridized carbons (Fsp3) is 0.889. The van der Waals surface area contributed by atoms with Gasteiger partial charge in [-0.25, -0.2) is 4.79 Å². The zero-order chi connectivity index (χ0) is 10.8. The third-order valence-electron chi connectivity index (χ3n) is 2.83. The van der Waals surface area contributed by atoms with E-state index in [0.717, 1.165) is 0 Å². The molecule has 6 nitrogen and oxygen atoms in total. The summed E-state index contributed by atoms with van der Waals surface area (Å²) >= 11 is 0. The van der Waals surface area contributed by atoms with Crippen molar-refractivity contribution >= 4 is 5.97 Å². The van der Waals surface area contributed by atoms with Crippen LogP contribution in [0.3, 0.4) is 0 Å². The Hall–Kier alpha value is -0.690. The lowest BCUT2D eigenvalue weighted by Gasteiger charge is -2.20. The molecular formula is C9H12O6. The third-order valence-corrected chi connectivity index (χ3v) is 2.83. The van der Waals surface area contributed by atoms with E-state index < -0.39 is 42.5 Å². The van der Waals surface area contributed by atoms with Crippen molar-refractivity contribution in [2.75, 3.05) is 0 Å². The van der Waals surface area contributed by atoms with E-state index in [2.05, 4.69) is 0 Å². The van der Waals surface area contributed by atoms with Gasteiger partial charge in [-0.05, 0) is 13.8 Å². The Labute approximate surface area is 86.1 Å². The van der Waals surface area contributed by atoms with Gasteiger partial charge in [-0.2, -0.15) is 0 Å². The van der Waals surface area contributed by atoms with Crippen molar-refractivity contribution in [1.29, 1.82) is 0 Å². The van der Waals surface area contributed by atoms with Gasteiger partial charge in [-0.1, -0.05) is 0 Å². The lowest BCUT2D eigenvalue weighted by atomic mass is 10.1. The van der Waals surface area contributed by atoms with Gasteiger partial charge < -0.3 is 24.1 Å². The predicted molar refractivity (Wildman–Crippen MR) is 44.6 cm³/mol. The Balaban J connectivity index is 1.83. The molecule has 3 aliphatic rings. The lowest BCUT2D eigenvalue weighted by molar-refractivity contribution is -0.214. The first kappa shape index (κ1) is 9.53. The van der Waals surface area contributed by atoms with E-state index in [1.54, 1.807) is 13.8 Å². The smallest absolute Gasteiger partial charge is 0.338 e. The van der Waals surface area contributed by atoms with Crippen LogP contribution in [0.25, 0.3) is 0 Å². The second-order valence-corrected chi connectivity index (χ2v) is 4.42. The van der Waals surface area contributed by atoms with Crippen molar-refractivity contribution in [2.24, 2.45) is 0 Å². The number of ether oxygens (including phenoxy) is 4. The van der Waals surface area contributed by atoms with E-state index in [1.807, 2.05) is 0 Å². The quantitative estimate of drug-likeness (QED) is 0.532. The molecule has 1 N–H and O–H groups in total. The minimum absolute atomic E-state index is 0.439. The Morgan fingerprint density at radius 1 is 1.20 bits per heavy atom. The number of carbonyl (C=O) groups is 1. The van der Waals surface area contributed by atoms with Gasteiger partial charge in [0.2, 0.25) is 0 Å². The molecule has 0 radical (unpaired) electrons. The van der Waals surface area contributed by atoms with Crippen LogP contribution in [-0.4, -0.2) is 47.6 Å². The van der Waals surface area contributed by atoms with Crippen LogP contribution < -0.4 is 0 Å². The maximum absolute atomic E-state index is 11.1. The number of carbonyl (C=O) groups excluding carboxylic acids is 1. The molecule has 4 unspecified atom stereocenters. The maximum Gasteiger partial charge on any atom is 0.338 e. The molecule has 15 heavy (non-hydrogen) atoms. The number of hydrogen-bond donors (Lipinski definition) is 1. The molecule has 6 heteroatoms. The summed E-state index contributed by atoms with van der Waals surface area (Å²) in [4.78, 5) is 11.1. The van der Waals surface area contributed by atoms with Gasteiger partial charge in [0.15, 0.2) is 30.4 Å². The summed E-state index contributed by atoms with van der Waals surface area (Å²) in [5.74, 6) is -1.39. The molecule has 3 heterocycles. The SMILES string of the molecule is CC1(C)OC2OC3C(OC(=O)[C@H]3O)C2O1. The first-order valence-corrected chi connectivity index (χ1v) is 4.88. The molecule has 0 aromatic rings. The maximum atomic E-state index is 11.1. The van der Waals surface area contributed by atoms with Crippen LogP contribution in [0.1, 0.15) is 13.8 Å². The monoisotopic (exact) mass is 216 g/mol. The van der Waals surface area contributed by atoms with E-state index in [9.17, 15) is 9.90 Å². The number of rotatable bonds is 0. The van der Waals surface area contributed by atoms with Gasteiger partial charge >= 0.3 is 5.97 Å². The van der Waals surface area contributed by atoms with Crippen molar-refractivity contribution in [3.8, 4) is 0 Å². The van der Waals surface area contributed by atoms with E-state index in [-0.39, 0.29) is 0 Å². The van der Waals surface area contributed by atoms with Crippen molar-refractivity contribution < 1.29 is 28.8 Å². The highest BCUT2D eigenvalue weighted by molar-refractivity contribution is 5.78. The van der Waals surface area contributed by atoms with E-state index in [0.29, 0.717) is 0 Å². The van der Waals surface area contributed by atoms with E-state index >= 15 is 0 Å². The van der Waals surface area contributed by atoms with Crippen LogP contribution in [0.4, 0.5) is 0 Å². The minimum atomic E-state index is -1.23. The normalized spacial score (nSPS) is 51.4. The molecular weight excluding hydrogens is 204 g/mol. The summed E-state index contributed by atoms with van der Waals surface area (Å²) in [6, 6.07) is 0. The van der Waals surface area contributed by atoms with Crippen molar-refractivity contribution in [3.63, 3.8) is 0 Å². The molecule has 0 amide bonds. The van der Waals surface area contributed by atoms with Gasteiger partial charge in [0.25, 0.3) is 0 Å². The third kappa shape index (κ3) is 1.22. The first-order valence-electron chi connectivity index (χ1n) is 4.88. The number of aliphatic hydroxyl groups is 1. The van der Waals surface area contributed by atoms with E-state index in [1.165, 1.54) is 0 Å². The highest BCUT2D eigenvalue weighted by Gasteiger charge is 2.62. The molecule has 3 fully saturated rings. The van der Waals surface area contributed by atoms with Gasteiger partial charge in [0, 0.05) is 0 Å². The van der Waals surface area contributed by atoms with Crippen molar-refractivity contribution in [1.82, 2.24) is 0 Å².